The molecule has 1 amide bonds. The number of nitrogens with one attached hydrogen (secondary N) is 1. The predicted molar refractivity (Wildman–Crippen MR) is 86.1 cm³/mol. The van der Waals surface area contributed by atoms with Gasteiger partial charge in [-0.1, -0.05) is 30.3 Å². The van der Waals surface area contributed by atoms with Gasteiger partial charge in [-0.3, -0.25) is 14.9 Å². The van der Waals surface area contributed by atoms with Crippen molar-refractivity contribution in [3.63, 3.8) is 0 Å². The van der Waals surface area contributed by atoms with Gasteiger partial charge >= 0.3 is 5.69 Å². The molecule has 0 aliphatic carbocycles. The van der Waals surface area contributed by atoms with Crippen LogP contribution in [0.15, 0.2) is 48.5 Å². The fraction of sp³-hybridized carbons (Fsp3) is 0.235. The van der Waals surface area contributed by atoms with Gasteiger partial charge in [-0.05, 0) is 18.6 Å². The van der Waals surface area contributed by atoms with Crippen molar-refractivity contribution in [2.75, 3.05) is 6.61 Å². The maximum absolute atomic E-state index is 13.4. The van der Waals surface area contributed by atoms with Gasteiger partial charge in [0, 0.05) is 24.6 Å². The molecule has 7 heteroatoms. The first-order chi connectivity index (χ1) is 11.6. The largest absolute Gasteiger partial charge is 0.487 e. The van der Waals surface area contributed by atoms with Gasteiger partial charge in [0.2, 0.25) is 5.91 Å². The Kier molecular flexibility index (Phi) is 6.24. The lowest BCUT2D eigenvalue weighted by Gasteiger charge is -2.08. The van der Waals surface area contributed by atoms with E-state index in [0.29, 0.717) is 12.0 Å². The monoisotopic (exact) mass is 332 g/mol. The molecule has 0 bridgehead atoms. The standard InChI is InChI=1S/C17H17FN2O4/c18-14-7-2-1-6-13(14)12-19-17(21)10-5-11-24-16-9-4-3-8-15(16)20(22)23/h1-4,6-9H,5,10-12H2,(H,19,21). The SMILES string of the molecule is O=C(CCCOc1ccccc1[N+](=O)[O-])NCc1ccccc1F. The molecule has 6 nitrogen and oxygen atoms in total. The summed E-state index contributed by atoms with van der Waals surface area (Å²) in [6, 6.07) is 12.3. The van der Waals surface area contributed by atoms with Crippen LogP contribution in [0, 0.1) is 15.9 Å². The van der Waals surface area contributed by atoms with E-state index in [1.165, 1.54) is 18.2 Å². The lowest BCUT2D eigenvalue weighted by atomic mass is 10.2. The van der Waals surface area contributed by atoms with Crippen molar-refractivity contribution in [1.29, 1.82) is 0 Å². The number of halogens is 1. The second kappa shape index (κ2) is 8.61. The van der Waals surface area contributed by atoms with E-state index >= 15 is 0 Å². The molecule has 2 aromatic rings. The fourth-order valence-electron chi connectivity index (χ4n) is 2.07. The highest BCUT2D eigenvalue weighted by Gasteiger charge is 2.13. The highest BCUT2D eigenvalue weighted by molar-refractivity contribution is 5.75. The summed E-state index contributed by atoms with van der Waals surface area (Å²) in [5, 5.41) is 13.5. The topological polar surface area (TPSA) is 81.5 Å². The van der Waals surface area contributed by atoms with Crippen molar-refractivity contribution in [3.8, 4) is 5.75 Å². The number of nitro benzene ring substituents is 1. The summed E-state index contributed by atoms with van der Waals surface area (Å²) in [5.74, 6) is -0.420. The predicted octanol–water partition coefficient (Wildman–Crippen LogP) is 3.21. The summed E-state index contributed by atoms with van der Waals surface area (Å²) in [6.45, 7) is 0.300. The Labute approximate surface area is 138 Å². The molecule has 0 heterocycles. The summed E-state index contributed by atoms with van der Waals surface area (Å²) in [6.07, 6.45) is 0.588. The summed E-state index contributed by atoms with van der Waals surface area (Å²) in [5.41, 5.74) is 0.309. The first-order valence-corrected chi connectivity index (χ1v) is 7.44. The number of nitrogens with zero attached hydrogens (tertiary/aromatic N) is 1. The van der Waals surface area contributed by atoms with Crippen LogP contribution in [-0.2, 0) is 11.3 Å². The minimum absolute atomic E-state index is 0.110. The highest BCUT2D eigenvalue weighted by Crippen LogP contribution is 2.25. The molecular weight excluding hydrogens is 315 g/mol. The summed E-state index contributed by atoms with van der Waals surface area (Å²) < 4.78 is 18.8. The lowest BCUT2D eigenvalue weighted by molar-refractivity contribution is -0.385. The second-order valence-electron chi connectivity index (χ2n) is 5.04. The summed E-state index contributed by atoms with van der Waals surface area (Å²) >= 11 is 0. The molecule has 24 heavy (non-hydrogen) atoms. The molecule has 0 saturated carbocycles. The zero-order valence-electron chi connectivity index (χ0n) is 12.9. The Bertz CT molecular complexity index is 721. The fourth-order valence-corrected chi connectivity index (χ4v) is 2.07. The van der Waals surface area contributed by atoms with Gasteiger partial charge in [-0.2, -0.15) is 0 Å². The van der Waals surface area contributed by atoms with Crippen LogP contribution in [0.3, 0.4) is 0 Å². The number of carbonyl (C=O) groups is 1. The van der Waals surface area contributed by atoms with E-state index in [-0.39, 0.29) is 42.7 Å². The number of nitro groups is 1. The van der Waals surface area contributed by atoms with Gasteiger partial charge in [0.25, 0.3) is 0 Å². The molecule has 2 rings (SSSR count). The van der Waals surface area contributed by atoms with E-state index < -0.39 is 4.92 Å². The molecule has 0 fully saturated rings. The first-order valence-electron chi connectivity index (χ1n) is 7.44. The lowest BCUT2D eigenvalue weighted by Crippen LogP contribution is -2.23. The number of para-hydroxylation sites is 2. The molecule has 0 saturated heterocycles. The maximum atomic E-state index is 13.4. The average Bonchev–Trinajstić information content (AvgIpc) is 2.58. The Morgan fingerprint density at radius 2 is 1.88 bits per heavy atom. The van der Waals surface area contributed by atoms with Crippen LogP contribution in [0.5, 0.6) is 5.75 Å². The minimum atomic E-state index is -0.517. The third-order valence-electron chi connectivity index (χ3n) is 3.30. The molecule has 0 aliphatic heterocycles. The number of amides is 1. The minimum Gasteiger partial charge on any atom is -0.487 e. The Hall–Kier alpha value is -2.96. The molecule has 1 N–H and O–H groups in total. The van der Waals surface area contributed by atoms with Crippen molar-refractivity contribution < 1.29 is 18.8 Å². The Morgan fingerprint density at radius 3 is 2.62 bits per heavy atom. The molecule has 0 aromatic heterocycles. The number of carbonyl (C=O) groups excluding carboxylic acids is 1. The molecule has 0 spiro atoms. The van der Waals surface area contributed by atoms with Crippen LogP contribution in [0.1, 0.15) is 18.4 Å². The van der Waals surface area contributed by atoms with Crippen molar-refractivity contribution >= 4 is 11.6 Å². The van der Waals surface area contributed by atoms with E-state index in [1.54, 1.807) is 30.3 Å². The Morgan fingerprint density at radius 1 is 1.17 bits per heavy atom. The number of rotatable bonds is 8. The molecule has 2 aromatic carbocycles. The van der Waals surface area contributed by atoms with E-state index in [0.717, 1.165) is 0 Å². The van der Waals surface area contributed by atoms with E-state index in [1.807, 2.05) is 0 Å². The van der Waals surface area contributed by atoms with Crippen molar-refractivity contribution in [2.24, 2.45) is 0 Å². The van der Waals surface area contributed by atoms with Crippen LogP contribution in [-0.4, -0.2) is 17.4 Å². The smallest absolute Gasteiger partial charge is 0.310 e. The second-order valence-corrected chi connectivity index (χ2v) is 5.04. The number of ether oxygens (including phenoxy) is 1. The van der Waals surface area contributed by atoms with Gasteiger partial charge in [0.15, 0.2) is 5.75 Å². The van der Waals surface area contributed by atoms with Gasteiger partial charge in [-0.25, -0.2) is 4.39 Å². The van der Waals surface area contributed by atoms with Crippen molar-refractivity contribution in [3.05, 3.63) is 70.0 Å². The molecule has 0 radical (unpaired) electrons. The summed E-state index contributed by atoms with van der Waals surface area (Å²) in [7, 11) is 0. The van der Waals surface area contributed by atoms with Crippen molar-refractivity contribution in [1.82, 2.24) is 5.32 Å². The molecule has 126 valence electrons. The number of hydrogen-bond donors (Lipinski definition) is 1. The molecule has 0 unspecified atom stereocenters. The van der Waals surface area contributed by atoms with E-state index in [4.69, 9.17) is 4.74 Å². The van der Waals surface area contributed by atoms with Gasteiger partial charge in [-0.15, -0.1) is 0 Å². The first kappa shape index (κ1) is 17.4. The van der Waals surface area contributed by atoms with E-state index in [2.05, 4.69) is 5.32 Å². The van der Waals surface area contributed by atoms with E-state index in [9.17, 15) is 19.3 Å². The molecule has 0 atom stereocenters. The molecular formula is C17H17FN2O4. The highest BCUT2D eigenvalue weighted by atomic mass is 19.1. The normalized spacial score (nSPS) is 10.2. The van der Waals surface area contributed by atoms with Crippen LogP contribution < -0.4 is 10.1 Å². The van der Waals surface area contributed by atoms with Gasteiger partial charge < -0.3 is 10.1 Å². The zero-order chi connectivity index (χ0) is 17.4. The van der Waals surface area contributed by atoms with Crippen LogP contribution in [0.2, 0.25) is 0 Å². The zero-order valence-corrected chi connectivity index (χ0v) is 12.9. The summed E-state index contributed by atoms with van der Waals surface area (Å²) in [4.78, 5) is 22.0. The number of benzene rings is 2. The molecule has 0 aliphatic rings. The van der Waals surface area contributed by atoms with Gasteiger partial charge in [0.05, 0.1) is 11.5 Å². The van der Waals surface area contributed by atoms with Crippen LogP contribution >= 0.6 is 0 Å². The average molecular weight is 332 g/mol. The van der Waals surface area contributed by atoms with Gasteiger partial charge in [0.1, 0.15) is 5.82 Å². The number of hydrogen-bond acceptors (Lipinski definition) is 4. The van der Waals surface area contributed by atoms with Crippen LogP contribution in [0.4, 0.5) is 10.1 Å². The third-order valence-corrected chi connectivity index (χ3v) is 3.30. The van der Waals surface area contributed by atoms with Crippen LogP contribution in [0.25, 0.3) is 0 Å². The maximum Gasteiger partial charge on any atom is 0.310 e. The third kappa shape index (κ3) is 5.05. The Balaban J connectivity index is 1.72. The quantitative estimate of drug-likeness (QED) is 0.457. The van der Waals surface area contributed by atoms with Crippen molar-refractivity contribution in [2.45, 2.75) is 19.4 Å².